The number of benzene rings is 1. The molecule has 24 heavy (non-hydrogen) atoms. The van der Waals surface area contributed by atoms with Gasteiger partial charge in [0.25, 0.3) is 0 Å². The Labute approximate surface area is 141 Å². The quantitative estimate of drug-likeness (QED) is 0.746. The van der Waals surface area contributed by atoms with Crippen LogP contribution in [0.15, 0.2) is 53.9 Å². The molecular formula is C19H19N5. The molecule has 3 heterocycles. The van der Waals surface area contributed by atoms with E-state index in [1.165, 1.54) is 16.7 Å². The average molecular weight is 317 g/mol. The van der Waals surface area contributed by atoms with Crippen molar-refractivity contribution in [3.05, 3.63) is 65.6 Å². The normalized spacial score (nSPS) is 12.9. The van der Waals surface area contributed by atoms with Crippen LogP contribution in [-0.4, -0.2) is 34.6 Å². The lowest BCUT2D eigenvalue weighted by Crippen LogP contribution is -2.12. The van der Waals surface area contributed by atoms with E-state index in [2.05, 4.69) is 34.3 Å². The highest BCUT2D eigenvalue weighted by molar-refractivity contribution is 6.15. The molecule has 0 unspecified atom stereocenters. The van der Waals surface area contributed by atoms with Crippen molar-refractivity contribution in [2.24, 2.45) is 12.0 Å². The van der Waals surface area contributed by atoms with E-state index in [9.17, 15) is 0 Å². The molecule has 120 valence electrons. The third-order valence-corrected chi connectivity index (χ3v) is 4.29. The Bertz CT molecular complexity index is 936. The molecule has 0 saturated carbocycles. The summed E-state index contributed by atoms with van der Waals surface area (Å²) in [5.41, 5.74) is 6.90. The van der Waals surface area contributed by atoms with Gasteiger partial charge in [0, 0.05) is 50.2 Å². The van der Waals surface area contributed by atoms with Crippen molar-refractivity contribution in [1.29, 1.82) is 0 Å². The number of nitrogens with zero attached hydrogens (tertiary/aromatic N) is 5. The van der Waals surface area contributed by atoms with E-state index in [0.717, 1.165) is 29.2 Å². The lowest BCUT2D eigenvalue weighted by atomic mass is 9.96. The van der Waals surface area contributed by atoms with Gasteiger partial charge in [0.05, 0.1) is 18.5 Å². The Morgan fingerprint density at radius 3 is 2.67 bits per heavy atom. The third kappa shape index (κ3) is 2.48. The number of aryl methyl sites for hydroxylation is 1. The summed E-state index contributed by atoms with van der Waals surface area (Å²) in [6.07, 6.45) is 5.77. The molecule has 1 aliphatic rings. The first-order chi connectivity index (χ1) is 11.6. The van der Waals surface area contributed by atoms with Crippen molar-refractivity contribution in [3.63, 3.8) is 0 Å². The van der Waals surface area contributed by atoms with Gasteiger partial charge in [-0.3, -0.25) is 9.67 Å². The fourth-order valence-corrected chi connectivity index (χ4v) is 2.99. The summed E-state index contributed by atoms with van der Waals surface area (Å²) in [6.45, 7) is 0.734. The Morgan fingerprint density at radius 2 is 1.92 bits per heavy atom. The monoisotopic (exact) mass is 317 g/mol. The average Bonchev–Trinajstić information content (AvgIpc) is 3.20. The predicted molar refractivity (Wildman–Crippen MR) is 96.6 cm³/mol. The third-order valence-electron chi connectivity index (χ3n) is 4.29. The van der Waals surface area contributed by atoms with Crippen molar-refractivity contribution in [1.82, 2.24) is 14.8 Å². The SMILES string of the molecule is CN(C)c1cc(C2=NCc3ccc(-c4cnn(C)c4)cc32)ccn1. The second kappa shape index (κ2) is 5.60. The Hall–Kier alpha value is -2.95. The highest BCUT2D eigenvalue weighted by Gasteiger charge is 2.19. The zero-order valence-electron chi connectivity index (χ0n) is 14.1. The number of pyridine rings is 1. The smallest absolute Gasteiger partial charge is 0.128 e. The number of hydrogen-bond donors (Lipinski definition) is 0. The Balaban J connectivity index is 1.76. The van der Waals surface area contributed by atoms with Crippen LogP contribution in [0.2, 0.25) is 0 Å². The van der Waals surface area contributed by atoms with Crippen LogP contribution in [0.3, 0.4) is 0 Å². The van der Waals surface area contributed by atoms with Gasteiger partial charge in [-0.25, -0.2) is 4.98 Å². The molecule has 0 atom stereocenters. The minimum Gasteiger partial charge on any atom is -0.363 e. The fraction of sp³-hybridized carbons (Fsp3) is 0.211. The molecule has 0 amide bonds. The molecule has 0 spiro atoms. The van der Waals surface area contributed by atoms with E-state index in [4.69, 9.17) is 4.99 Å². The first-order valence-corrected chi connectivity index (χ1v) is 7.92. The minimum absolute atomic E-state index is 0.734. The van der Waals surface area contributed by atoms with Gasteiger partial charge in [-0.2, -0.15) is 5.10 Å². The summed E-state index contributed by atoms with van der Waals surface area (Å²) in [5.74, 6) is 0.937. The van der Waals surface area contributed by atoms with E-state index in [0.29, 0.717) is 0 Å². The molecule has 2 aromatic heterocycles. The predicted octanol–water partition coefficient (Wildman–Crippen LogP) is 2.90. The van der Waals surface area contributed by atoms with Gasteiger partial charge < -0.3 is 4.90 Å². The molecule has 0 radical (unpaired) electrons. The summed E-state index contributed by atoms with van der Waals surface area (Å²) in [4.78, 5) is 11.2. The zero-order valence-corrected chi connectivity index (χ0v) is 14.1. The van der Waals surface area contributed by atoms with Crippen LogP contribution in [0.4, 0.5) is 5.82 Å². The van der Waals surface area contributed by atoms with Crippen LogP contribution in [0.25, 0.3) is 11.1 Å². The van der Waals surface area contributed by atoms with Crippen LogP contribution in [-0.2, 0) is 13.6 Å². The van der Waals surface area contributed by atoms with Crippen LogP contribution in [0.1, 0.15) is 16.7 Å². The number of hydrogen-bond acceptors (Lipinski definition) is 4. The van der Waals surface area contributed by atoms with Gasteiger partial charge >= 0.3 is 0 Å². The molecule has 1 aliphatic heterocycles. The standard InChI is InChI=1S/C19H19N5/c1-23(2)18-9-14(6-7-20-18)19-17-8-13(4-5-15(17)10-21-19)16-11-22-24(3)12-16/h4-9,11-12H,10H2,1-3H3. The van der Waals surface area contributed by atoms with Gasteiger partial charge in [0.2, 0.25) is 0 Å². The molecule has 0 bridgehead atoms. The molecule has 0 fully saturated rings. The maximum absolute atomic E-state index is 4.76. The summed E-state index contributed by atoms with van der Waals surface area (Å²) >= 11 is 0. The lowest BCUT2D eigenvalue weighted by Gasteiger charge is -2.13. The number of fused-ring (bicyclic) bond motifs is 1. The van der Waals surface area contributed by atoms with Crippen molar-refractivity contribution in [2.75, 3.05) is 19.0 Å². The topological polar surface area (TPSA) is 46.3 Å². The summed E-state index contributed by atoms with van der Waals surface area (Å²) in [7, 11) is 5.93. The van der Waals surface area contributed by atoms with Crippen molar-refractivity contribution >= 4 is 11.5 Å². The molecule has 5 nitrogen and oxygen atoms in total. The molecule has 5 heteroatoms. The number of aliphatic imine (C=N–C) groups is 1. The number of rotatable bonds is 3. The molecule has 0 saturated heterocycles. The van der Waals surface area contributed by atoms with E-state index < -0.39 is 0 Å². The molecule has 3 aromatic rings. The van der Waals surface area contributed by atoms with E-state index in [1.54, 1.807) is 0 Å². The highest BCUT2D eigenvalue weighted by Crippen LogP contribution is 2.29. The van der Waals surface area contributed by atoms with Crippen LogP contribution >= 0.6 is 0 Å². The summed E-state index contributed by atoms with van der Waals surface area (Å²) < 4.78 is 1.82. The lowest BCUT2D eigenvalue weighted by molar-refractivity contribution is 0.768. The van der Waals surface area contributed by atoms with E-state index in [1.807, 2.05) is 55.4 Å². The summed E-state index contributed by atoms with van der Waals surface area (Å²) in [6, 6.07) is 10.6. The van der Waals surface area contributed by atoms with Crippen LogP contribution < -0.4 is 4.90 Å². The van der Waals surface area contributed by atoms with Crippen molar-refractivity contribution < 1.29 is 0 Å². The first kappa shape index (κ1) is 14.6. The van der Waals surface area contributed by atoms with Crippen molar-refractivity contribution in [2.45, 2.75) is 6.54 Å². The Kier molecular flexibility index (Phi) is 3.41. The first-order valence-electron chi connectivity index (χ1n) is 7.92. The second-order valence-corrected chi connectivity index (χ2v) is 6.24. The molecule has 4 rings (SSSR count). The van der Waals surface area contributed by atoms with E-state index in [-0.39, 0.29) is 0 Å². The maximum Gasteiger partial charge on any atom is 0.128 e. The molecule has 0 N–H and O–H groups in total. The maximum atomic E-state index is 4.76. The van der Waals surface area contributed by atoms with E-state index >= 15 is 0 Å². The Morgan fingerprint density at radius 1 is 1.04 bits per heavy atom. The van der Waals surface area contributed by atoms with Crippen LogP contribution in [0, 0.1) is 0 Å². The molecule has 1 aromatic carbocycles. The molecule has 0 aliphatic carbocycles. The van der Waals surface area contributed by atoms with Crippen molar-refractivity contribution in [3.8, 4) is 11.1 Å². The highest BCUT2D eigenvalue weighted by atomic mass is 15.2. The fourth-order valence-electron chi connectivity index (χ4n) is 2.99. The number of aromatic nitrogens is 3. The van der Waals surface area contributed by atoms with Gasteiger partial charge in [-0.15, -0.1) is 0 Å². The van der Waals surface area contributed by atoms with Gasteiger partial charge in [-0.1, -0.05) is 12.1 Å². The van der Waals surface area contributed by atoms with Gasteiger partial charge in [0.1, 0.15) is 5.82 Å². The summed E-state index contributed by atoms with van der Waals surface area (Å²) in [5, 5.41) is 4.27. The van der Waals surface area contributed by atoms with Crippen LogP contribution in [0.5, 0.6) is 0 Å². The number of anilines is 1. The van der Waals surface area contributed by atoms with Gasteiger partial charge in [0.15, 0.2) is 0 Å². The zero-order chi connectivity index (χ0) is 16.7. The molecular weight excluding hydrogens is 298 g/mol. The van der Waals surface area contributed by atoms with Gasteiger partial charge in [-0.05, 0) is 29.3 Å². The minimum atomic E-state index is 0.734. The second-order valence-electron chi connectivity index (χ2n) is 6.24. The largest absolute Gasteiger partial charge is 0.363 e.